The third-order valence-electron chi connectivity index (χ3n) is 6.40. The summed E-state index contributed by atoms with van der Waals surface area (Å²) < 4.78 is 21.0. The molecule has 2 N–H and O–H groups in total. The Morgan fingerprint density at radius 1 is 1.18 bits per heavy atom. The largest absolute Gasteiger partial charge is 0.457 e. The van der Waals surface area contributed by atoms with Crippen LogP contribution in [0.2, 0.25) is 0 Å². The number of pyridine rings is 1. The number of hydrogen-bond acceptors (Lipinski definition) is 6. The van der Waals surface area contributed by atoms with E-state index in [9.17, 15) is 4.79 Å². The number of benzene rings is 2. The topological polar surface area (TPSA) is 81.6 Å². The second-order valence-corrected chi connectivity index (χ2v) is 8.86. The Hall–Kier alpha value is -3.78. The highest BCUT2D eigenvalue weighted by Crippen LogP contribution is 2.34. The second-order valence-electron chi connectivity index (χ2n) is 8.86. The van der Waals surface area contributed by atoms with Crippen LogP contribution in [0, 0.1) is 11.2 Å². The van der Waals surface area contributed by atoms with E-state index in [1.807, 2.05) is 31.3 Å². The standard InChI is InChI=1S/C26H26FN5O2/c1-15(28)21-5-4-19(11-24(21)29-2)34-20-6-7-30-23(10-20)16-8-17-12-32(18-13-31(3)14-18)26(33)25(17)22(27)9-16/h4-11,18,28-29H,12-14H2,1-3H3. The van der Waals surface area contributed by atoms with Crippen LogP contribution in [-0.4, -0.2) is 59.6 Å². The van der Waals surface area contributed by atoms with Crippen LogP contribution in [0.15, 0.2) is 48.7 Å². The third-order valence-corrected chi connectivity index (χ3v) is 6.40. The van der Waals surface area contributed by atoms with Gasteiger partial charge in [-0.1, -0.05) is 0 Å². The number of nitrogens with zero attached hydrogens (tertiary/aromatic N) is 3. The van der Waals surface area contributed by atoms with E-state index < -0.39 is 5.82 Å². The number of fused-ring (bicyclic) bond motifs is 1. The van der Waals surface area contributed by atoms with Crippen LogP contribution in [0.3, 0.4) is 0 Å². The first-order chi connectivity index (χ1) is 16.3. The molecule has 8 heteroatoms. The molecule has 0 radical (unpaired) electrons. The van der Waals surface area contributed by atoms with E-state index in [0.717, 1.165) is 24.3 Å². The van der Waals surface area contributed by atoms with Crippen molar-refractivity contribution in [3.05, 3.63) is 71.2 Å². The number of likely N-dealkylation sites (tertiary alicyclic amines) is 1. The molecule has 1 aromatic heterocycles. The Kier molecular flexibility index (Phi) is 5.53. The molecule has 0 bridgehead atoms. The molecule has 3 aromatic rings. The molecule has 174 valence electrons. The molecular formula is C26H26FN5O2. The summed E-state index contributed by atoms with van der Waals surface area (Å²) in [5.41, 5.74) is 4.10. The first-order valence-corrected chi connectivity index (χ1v) is 11.2. The lowest BCUT2D eigenvalue weighted by molar-refractivity contribution is 0.0384. The number of carbonyl (C=O) groups is 1. The van der Waals surface area contributed by atoms with E-state index in [-0.39, 0.29) is 17.5 Å². The molecule has 5 rings (SSSR count). The summed E-state index contributed by atoms with van der Waals surface area (Å²) in [5.74, 6) is 0.420. The Bertz CT molecular complexity index is 1300. The number of likely N-dealkylation sites (N-methyl/N-ethyl adjacent to an activating group) is 1. The van der Waals surface area contributed by atoms with Crippen LogP contribution >= 0.6 is 0 Å². The van der Waals surface area contributed by atoms with Crippen molar-refractivity contribution in [2.75, 3.05) is 32.5 Å². The van der Waals surface area contributed by atoms with E-state index in [0.29, 0.717) is 40.6 Å². The molecule has 1 fully saturated rings. The predicted molar refractivity (Wildman–Crippen MR) is 129 cm³/mol. The summed E-state index contributed by atoms with van der Waals surface area (Å²) in [6.45, 7) is 3.77. The minimum atomic E-state index is -0.517. The highest BCUT2D eigenvalue weighted by atomic mass is 19.1. The molecule has 3 heterocycles. The fourth-order valence-electron chi connectivity index (χ4n) is 4.62. The molecule has 7 nitrogen and oxygen atoms in total. The van der Waals surface area contributed by atoms with Gasteiger partial charge in [0.15, 0.2) is 0 Å². The highest BCUT2D eigenvalue weighted by Gasteiger charge is 2.39. The minimum absolute atomic E-state index is 0.132. The summed E-state index contributed by atoms with van der Waals surface area (Å²) in [4.78, 5) is 21.1. The number of rotatable bonds is 6. The van der Waals surface area contributed by atoms with Crippen LogP contribution in [0.5, 0.6) is 11.5 Å². The number of ether oxygens (including phenoxy) is 1. The molecule has 2 aromatic carbocycles. The molecule has 2 aliphatic heterocycles. The number of carbonyl (C=O) groups excluding carboxylic acids is 1. The smallest absolute Gasteiger partial charge is 0.257 e. The molecule has 0 spiro atoms. The van der Waals surface area contributed by atoms with Crippen molar-refractivity contribution in [2.45, 2.75) is 19.5 Å². The van der Waals surface area contributed by atoms with Crippen molar-refractivity contribution in [3.8, 4) is 22.8 Å². The zero-order valence-electron chi connectivity index (χ0n) is 19.4. The van der Waals surface area contributed by atoms with E-state index in [1.54, 1.807) is 37.2 Å². The van der Waals surface area contributed by atoms with Crippen molar-refractivity contribution in [3.63, 3.8) is 0 Å². The van der Waals surface area contributed by atoms with Crippen molar-refractivity contribution >= 4 is 17.3 Å². The lowest BCUT2D eigenvalue weighted by Crippen LogP contribution is -2.57. The van der Waals surface area contributed by atoms with Gasteiger partial charge in [0.05, 0.1) is 17.3 Å². The maximum absolute atomic E-state index is 15.0. The summed E-state index contributed by atoms with van der Waals surface area (Å²) in [7, 11) is 3.81. The van der Waals surface area contributed by atoms with E-state index >= 15 is 4.39 Å². The SMILES string of the molecule is CNc1cc(Oc2ccnc(-c3cc(F)c4c(c3)CN(C3CN(C)C3)C4=O)c2)ccc1C(C)=N. The van der Waals surface area contributed by atoms with Gasteiger partial charge in [-0.05, 0) is 49.9 Å². The monoisotopic (exact) mass is 459 g/mol. The Morgan fingerprint density at radius 3 is 2.65 bits per heavy atom. The first kappa shape index (κ1) is 22.0. The fraction of sp³-hybridized carbons (Fsp3) is 0.269. The van der Waals surface area contributed by atoms with Gasteiger partial charge in [0, 0.05) is 67.5 Å². The molecule has 0 unspecified atom stereocenters. The van der Waals surface area contributed by atoms with E-state index in [4.69, 9.17) is 10.1 Å². The Labute approximate surface area is 197 Å². The molecule has 2 aliphatic rings. The quantitative estimate of drug-likeness (QED) is 0.535. The molecule has 1 saturated heterocycles. The molecular weight excluding hydrogens is 433 g/mol. The zero-order valence-corrected chi connectivity index (χ0v) is 19.4. The average Bonchev–Trinajstić information content (AvgIpc) is 3.13. The summed E-state index contributed by atoms with van der Waals surface area (Å²) >= 11 is 0. The van der Waals surface area contributed by atoms with Crippen LogP contribution < -0.4 is 10.1 Å². The number of halogens is 1. The first-order valence-electron chi connectivity index (χ1n) is 11.2. The van der Waals surface area contributed by atoms with E-state index in [1.165, 1.54) is 6.07 Å². The molecule has 1 amide bonds. The highest BCUT2D eigenvalue weighted by molar-refractivity contribution is 6.01. The van der Waals surface area contributed by atoms with Gasteiger partial charge in [-0.25, -0.2) is 4.39 Å². The van der Waals surface area contributed by atoms with Gasteiger partial charge in [0.25, 0.3) is 5.91 Å². The number of nitrogens with one attached hydrogen (secondary N) is 2. The molecule has 0 aliphatic carbocycles. The lowest BCUT2D eigenvalue weighted by Gasteiger charge is -2.41. The fourth-order valence-corrected chi connectivity index (χ4v) is 4.62. The van der Waals surface area contributed by atoms with Crippen molar-refractivity contribution in [2.24, 2.45) is 0 Å². The number of aromatic nitrogens is 1. The average molecular weight is 460 g/mol. The maximum atomic E-state index is 15.0. The van der Waals surface area contributed by atoms with Crippen LogP contribution in [0.25, 0.3) is 11.3 Å². The molecule has 0 saturated carbocycles. The van der Waals surface area contributed by atoms with Gasteiger partial charge in [-0.2, -0.15) is 0 Å². The molecule has 0 atom stereocenters. The predicted octanol–water partition coefficient (Wildman–Crippen LogP) is 4.38. The van der Waals surface area contributed by atoms with Gasteiger partial charge in [-0.15, -0.1) is 0 Å². The van der Waals surface area contributed by atoms with Crippen LogP contribution in [-0.2, 0) is 6.54 Å². The van der Waals surface area contributed by atoms with Crippen LogP contribution in [0.4, 0.5) is 10.1 Å². The van der Waals surface area contributed by atoms with Gasteiger partial charge >= 0.3 is 0 Å². The van der Waals surface area contributed by atoms with Gasteiger partial charge in [0.2, 0.25) is 0 Å². The van der Waals surface area contributed by atoms with Gasteiger partial charge in [0.1, 0.15) is 17.3 Å². The van der Waals surface area contributed by atoms with Crippen molar-refractivity contribution < 1.29 is 13.9 Å². The summed E-state index contributed by atoms with van der Waals surface area (Å²) in [5, 5.41) is 11.0. The maximum Gasteiger partial charge on any atom is 0.257 e. The zero-order chi connectivity index (χ0) is 24.0. The Morgan fingerprint density at radius 2 is 1.94 bits per heavy atom. The van der Waals surface area contributed by atoms with Crippen molar-refractivity contribution in [1.29, 1.82) is 5.41 Å². The minimum Gasteiger partial charge on any atom is -0.457 e. The van der Waals surface area contributed by atoms with Gasteiger partial charge in [-0.3, -0.25) is 9.78 Å². The van der Waals surface area contributed by atoms with Crippen LogP contribution in [0.1, 0.15) is 28.4 Å². The number of amides is 1. The summed E-state index contributed by atoms with van der Waals surface area (Å²) in [6.07, 6.45) is 1.62. The normalized spacial score (nSPS) is 15.8. The lowest BCUT2D eigenvalue weighted by atomic mass is 10.0. The second kappa shape index (κ2) is 8.53. The van der Waals surface area contributed by atoms with E-state index in [2.05, 4.69) is 15.2 Å². The third kappa shape index (κ3) is 3.90. The van der Waals surface area contributed by atoms with Gasteiger partial charge < -0.3 is 25.3 Å². The number of hydrogen-bond donors (Lipinski definition) is 2. The Balaban J connectivity index is 1.40. The molecule has 34 heavy (non-hydrogen) atoms. The number of anilines is 1. The van der Waals surface area contributed by atoms with Crippen molar-refractivity contribution in [1.82, 2.24) is 14.8 Å². The summed E-state index contributed by atoms with van der Waals surface area (Å²) in [6, 6.07) is 12.3.